The second kappa shape index (κ2) is 24.3. The number of unbranched alkanes of at least 4 members (excludes halogenated alkanes) is 1. The predicted octanol–water partition coefficient (Wildman–Crippen LogP) is 9.24. The Balaban J connectivity index is 1.58. The van der Waals surface area contributed by atoms with E-state index in [0.29, 0.717) is 60.7 Å². The van der Waals surface area contributed by atoms with E-state index < -0.39 is 64.8 Å². The molecule has 4 aromatic rings. The van der Waals surface area contributed by atoms with E-state index in [1.807, 2.05) is 18.2 Å². The van der Waals surface area contributed by atoms with Crippen molar-refractivity contribution in [3.8, 4) is 0 Å². The Labute approximate surface area is 428 Å². The fourth-order valence-electron chi connectivity index (χ4n) is 7.69. The molecular weight excluding hydrogens is 1000 g/mol. The van der Waals surface area contributed by atoms with Crippen molar-refractivity contribution >= 4 is 86.1 Å². The number of hydrogen-bond donors (Lipinski definition) is 4. The summed E-state index contributed by atoms with van der Waals surface area (Å²) in [6.07, 6.45) is 3.69. The molecule has 4 N–H and O–H groups in total. The smallest absolute Gasteiger partial charge is 0.419 e. The first-order chi connectivity index (χ1) is 32.8. The van der Waals surface area contributed by atoms with Gasteiger partial charge in [-0.25, -0.2) is 14.6 Å². The maximum atomic E-state index is 15.1. The molecule has 0 saturated heterocycles. The summed E-state index contributed by atoms with van der Waals surface area (Å²) in [4.78, 5) is 90.1. The molecule has 0 bridgehead atoms. The molecule has 4 amide bonds. The quantitative estimate of drug-likeness (QED) is 0.0632. The third-order valence-corrected chi connectivity index (χ3v) is 13.3. The maximum absolute atomic E-state index is 15.1. The number of hydrogen-bond acceptors (Lipinski definition) is 12. The number of fused-ring (bicyclic) bond motifs is 3. The third-order valence-electron chi connectivity index (χ3n) is 10.9. The number of carbonyl (C=O) groups excluding carboxylic acids is 6. The largest absolute Gasteiger partial charge is 0.460 e. The molecule has 2 aromatic heterocycles. The van der Waals surface area contributed by atoms with Crippen LogP contribution in [-0.4, -0.2) is 98.8 Å². The van der Waals surface area contributed by atoms with Crippen LogP contribution >= 0.6 is 39.3 Å². The molecule has 0 radical (unpaired) electrons. The topological polar surface area (TPSA) is 199 Å². The molecule has 5 rings (SSSR count). The van der Waals surface area contributed by atoms with Crippen LogP contribution in [0.25, 0.3) is 10.9 Å². The summed E-state index contributed by atoms with van der Waals surface area (Å²) in [5.74, 6) is -1.91. The Morgan fingerprint density at radius 2 is 1.53 bits per heavy atom. The van der Waals surface area contributed by atoms with Gasteiger partial charge < -0.3 is 40.4 Å². The highest BCUT2D eigenvalue weighted by Crippen LogP contribution is 2.40. The number of nitrogens with zero attached hydrogens (tertiary/aromatic N) is 3. The Hall–Kier alpha value is -5.17. The molecule has 16 nitrogen and oxygen atoms in total. The van der Waals surface area contributed by atoms with Crippen LogP contribution < -0.4 is 21.3 Å². The average molecular weight is 1070 g/mol. The molecule has 70 heavy (non-hydrogen) atoms. The molecule has 1 aliphatic heterocycles. The summed E-state index contributed by atoms with van der Waals surface area (Å²) < 4.78 is 18.8. The average Bonchev–Trinajstić information content (AvgIpc) is 3.63. The number of nitrogens with one attached hydrogen (secondary N) is 4. The van der Waals surface area contributed by atoms with Crippen molar-refractivity contribution in [3.63, 3.8) is 0 Å². The predicted molar refractivity (Wildman–Crippen MR) is 274 cm³/mol. The number of halogens is 2. The van der Waals surface area contributed by atoms with Gasteiger partial charge in [0.15, 0.2) is 0 Å². The zero-order valence-electron chi connectivity index (χ0n) is 41.8. The number of benzene rings is 2. The van der Waals surface area contributed by atoms with Crippen molar-refractivity contribution < 1.29 is 43.0 Å². The van der Waals surface area contributed by atoms with Gasteiger partial charge in [-0.1, -0.05) is 70.0 Å². The Morgan fingerprint density at radius 1 is 0.843 bits per heavy atom. The first-order valence-corrected chi connectivity index (χ1v) is 25.5. The molecule has 1 aliphatic rings. The fraction of sp³-hybridized carbons (Fsp3) is 0.510. The van der Waals surface area contributed by atoms with E-state index in [4.69, 9.17) is 30.8 Å². The lowest BCUT2D eigenvalue weighted by Crippen LogP contribution is -2.57. The highest BCUT2D eigenvalue weighted by molar-refractivity contribution is 9.10. The Bertz CT molecular complexity index is 2530. The maximum Gasteiger partial charge on any atom is 0.419 e. The summed E-state index contributed by atoms with van der Waals surface area (Å²) >= 11 is 11.9. The molecule has 2 aromatic carbocycles. The van der Waals surface area contributed by atoms with Crippen molar-refractivity contribution in [1.29, 1.82) is 0 Å². The van der Waals surface area contributed by atoms with E-state index >= 15 is 4.79 Å². The molecule has 3 atom stereocenters. The van der Waals surface area contributed by atoms with Crippen LogP contribution in [0.3, 0.4) is 0 Å². The van der Waals surface area contributed by atoms with Gasteiger partial charge in [0.1, 0.15) is 33.9 Å². The van der Waals surface area contributed by atoms with Crippen molar-refractivity contribution in [2.45, 2.75) is 165 Å². The zero-order chi connectivity index (χ0) is 51.6. The minimum atomic E-state index is -1.18. The number of alkyl carbamates (subject to hydrolysis) is 1. The van der Waals surface area contributed by atoms with E-state index in [0.717, 1.165) is 5.56 Å². The highest BCUT2D eigenvalue weighted by atomic mass is 79.9. The summed E-state index contributed by atoms with van der Waals surface area (Å²) in [5, 5.41) is 13.9. The molecule has 0 spiro atoms. The molecule has 19 heteroatoms. The van der Waals surface area contributed by atoms with Gasteiger partial charge in [0, 0.05) is 72.2 Å². The Kier molecular flexibility index (Phi) is 19.4. The number of rotatable bonds is 11. The van der Waals surface area contributed by atoms with E-state index in [-0.39, 0.29) is 51.3 Å². The van der Waals surface area contributed by atoms with E-state index in [9.17, 15) is 24.0 Å². The molecule has 0 aliphatic carbocycles. The minimum absolute atomic E-state index is 0.00277. The number of esters is 1. The van der Waals surface area contributed by atoms with Crippen LogP contribution in [0.2, 0.25) is 5.02 Å². The lowest BCUT2D eigenvalue weighted by atomic mass is 10.0. The number of para-hydroxylation sites is 1. The fourth-order valence-corrected chi connectivity index (χ4v) is 9.63. The number of likely N-dealkylation sites (N-methyl/N-ethyl adjacent to an activating group) is 1. The number of aromatic nitrogens is 2. The standard InChI is InChI=1S/C51H67BrClN7O9S/c1-49(2,3)67-41(61)22-14-12-19-37-43(62)58-38(20-16-26-55-47(65)68-50(4,5)6)46(64)59(10)40(27-32-30-60(48(66)69-51(7,8)9)39-21-13-11-18-33(32)39)44(63)57-29-34-35(52)23-24-36(53)42(34)70-45-31(28-56-37)17-15-25-54-45/h11,13,15,17-18,21,23-25,30,37-38,40,56H,12,14,16,19-20,22,26-29H2,1-10H3,(H,55,65)(H,57,63)(H,58,62)/t37-,38-,40-/m0/s1. The monoisotopic (exact) mass is 1070 g/mol. The summed E-state index contributed by atoms with van der Waals surface area (Å²) in [7, 11) is 1.51. The Morgan fingerprint density at radius 3 is 2.23 bits per heavy atom. The first-order valence-electron chi connectivity index (χ1n) is 23.5. The molecule has 0 saturated carbocycles. The van der Waals surface area contributed by atoms with Gasteiger partial charge in [-0.3, -0.25) is 23.7 Å². The number of pyridine rings is 1. The molecule has 380 valence electrons. The van der Waals surface area contributed by atoms with Crippen LogP contribution in [-0.2, 0) is 52.9 Å². The molecule has 0 fully saturated rings. The van der Waals surface area contributed by atoms with Gasteiger partial charge in [-0.15, -0.1) is 0 Å². The SMILES string of the molecule is CN1C(=O)[C@H](CCCNC(=O)OC(C)(C)C)NC(=O)[C@H](CCCCC(=O)OC(C)(C)C)NCc2cccnc2Sc2c(Cl)ccc(Br)c2CNC(=O)[C@@H]1Cc1cn(C(=O)OC(C)(C)C)c2ccccc12. The van der Waals surface area contributed by atoms with E-state index in [1.54, 1.807) is 105 Å². The van der Waals surface area contributed by atoms with Crippen molar-refractivity contribution in [2.75, 3.05) is 13.6 Å². The summed E-state index contributed by atoms with van der Waals surface area (Å²) in [5.41, 5.74) is 0.407. The summed E-state index contributed by atoms with van der Waals surface area (Å²) in [6.45, 7) is 16.3. The van der Waals surface area contributed by atoms with Crippen LogP contribution in [0.1, 0.15) is 118 Å². The van der Waals surface area contributed by atoms with Crippen molar-refractivity contribution in [2.24, 2.45) is 0 Å². The molecule has 0 unspecified atom stereocenters. The third kappa shape index (κ3) is 16.5. The normalized spacial score (nSPS) is 17.7. The van der Waals surface area contributed by atoms with Crippen LogP contribution in [0.5, 0.6) is 0 Å². The lowest BCUT2D eigenvalue weighted by Gasteiger charge is -2.32. The lowest BCUT2D eigenvalue weighted by molar-refractivity contribution is -0.155. The van der Waals surface area contributed by atoms with Gasteiger partial charge in [0.05, 0.1) is 16.6 Å². The minimum Gasteiger partial charge on any atom is -0.460 e. The molecular formula is C51H67BrClN7O9S. The number of amides is 4. The molecule has 3 heterocycles. The van der Waals surface area contributed by atoms with Crippen molar-refractivity contribution in [1.82, 2.24) is 35.7 Å². The van der Waals surface area contributed by atoms with Crippen LogP contribution in [0.15, 0.2) is 75.3 Å². The van der Waals surface area contributed by atoms with Gasteiger partial charge in [-0.2, -0.15) is 0 Å². The summed E-state index contributed by atoms with van der Waals surface area (Å²) in [6, 6.07) is 11.3. The number of carbonyl (C=O) groups is 6. The second-order valence-electron chi connectivity index (χ2n) is 20.2. The van der Waals surface area contributed by atoms with Crippen molar-refractivity contribution in [3.05, 3.63) is 87.1 Å². The zero-order valence-corrected chi connectivity index (χ0v) is 44.9. The number of ether oxygens (including phenoxy) is 3. The van der Waals surface area contributed by atoms with E-state index in [2.05, 4.69) is 37.2 Å². The highest BCUT2D eigenvalue weighted by Gasteiger charge is 2.35. The van der Waals surface area contributed by atoms with Gasteiger partial charge in [-0.05, 0) is 123 Å². The van der Waals surface area contributed by atoms with Crippen LogP contribution in [0.4, 0.5) is 9.59 Å². The van der Waals surface area contributed by atoms with Crippen LogP contribution in [0, 0.1) is 0 Å². The van der Waals surface area contributed by atoms with Gasteiger partial charge in [0.2, 0.25) is 17.7 Å². The van der Waals surface area contributed by atoms with Gasteiger partial charge in [0.25, 0.3) is 0 Å². The van der Waals surface area contributed by atoms with E-state index in [1.165, 1.54) is 28.3 Å². The first kappa shape index (κ1) is 55.8. The second-order valence-corrected chi connectivity index (χ2v) is 22.5. The van der Waals surface area contributed by atoms with Gasteiger partial charge >= 0.3 is 18.2 Å².